The first-order valence-corrected chi connectivity index (χ1v) is 2.37. The van der Waals surface area contributed by atoms with Gasteiger partial charge in [-0.2, -0.15) is 5.10 Å². The van der Waals surface area contributed by atoms with Gasteiger partial charge in [-0.15, -0.1) is 0 Å². The number of nitrogens with one attached hydrogen (secondary N) is 1. The van der Waals surface area contributed by atoms with Gasteiger partial charge in [0.25, 0.3) is 5.24 Å². The van der Waals surface area contributed by atoms with Crippen LogP contribution in [0, 0.1) is 0 Å². The SMILES string of the molecule is O=C(Cl)c1cn[nH]c1. The van der Waals surface area contributed by atoms with Crippen molar-refractivity contribution in [2.75, 3.05) is 0 Å². The number of H-pyrrole nitrogens is 1. The van der Waals surface area contributed by atoms with E-state index in [1.54, 1.807) is 0 Å². The lowest BCUT2D eigenvalue weighted by molar-refractivity contribution is 0.108. The van der Waals surface area contributed by atoms with Crippen LogP contribution < -0.4 is 0 Å². The number of carbonyl (C=O) groups is 1. The number of aromatic nitrogens is 2. The molecule has 0 saturated carbocycles. The maximum absolute atomic E-state index is 10.2. The molecule has 8 heavy (non-hydrogen) atoms. The summed E-state index contributed by atoms with van der Waals surface area (Å²) in [5.41, 5.74) is 0.395. The smallest absolute Gasteiger partial charge is 0.255 e. The monoisotopic (exact) mass is 130 g/mol. The molecule has 0 aliphatic rings. The summed E-state index contributed by atoms with van der Waals surface area (Å²) in [7, 11) is 0. The van der Waals surface area contributed by atoms with Crippen molar-refractivity contribution in [2.24, 2.45) is 0 Å². The van der Waals surface area contributed by atoms with Gasteiger partial charge < -0.3 is 0 Å². The Labute approximate surface area is 50.7 Å². The fourth-order valence-corrected chi connectivity index (χ4v) is 0.462. The first-order chi connectivity index (χ1) is 3.80. The van der Waals surface area contributed by atoms with Crippen molar-refractivity contribution in [3.63, 3.8) is 0 Å². The lowest BCUT2D eigenvalue weighted by Gasteiger charge is -1.74. The van der Waals surface area contributed by atoms with Crippen LogP contribution in [0.1, 0.15) is 10.4 Å². The Morgan fingerprint density at radius 2 is 2.62 bits per heavy atom. The van der Waals surface area contributed by atoms with Gasteiger partial charge in [-0.25, -0.2) is 0 Å². The molecular weight excluding hydrogens is 128 g/mol. The minimum absolute atomic E-state index is 0.395. The van der Waals surface area contributed by atoms with E-state index in [1.165, 1.54) is 12.4 Å². The zero-order valence-corrected chi connectivity index (χ0v) is 4.64. The second kappa shape index (κ2) is 1.96. The van der Waals surface area contributed by atoms with E-state index in [4.69, 9.17) is 11.6 Å². The summed E-state index contributed by atoms with van der Waals surface area (Å²) < 4.78 is 0. The number of nitrogens with zero attached hydrogens (tertiary/aromatic N) is 1. The first kappa shape index (κ1) is 5.31. The summed E-state index contributed by atoms with van der Waals surface area (Å²) in [5, 5.41) is 5.48. The van der Waals surface area contributed by atoms with Crippen LogP contribution in [0.5, 0.6) is 0 Å². The highest BCUT2D eigenvalue weighted by Crippen LogP contribution is 1.97. The molecule has 0 aromatic carbocycles. The van der Waals surface area contributed by atoms with E-state index in [0.29, 0.717) is 5.56 Å². The Hall–Kier alpha value is -0.830. The van der Waals surface area contributed by atoms with E-state index in [-0.39, 0.29) is 0 Å². The van der Waals surface area contributed by atoms with E-state index in [1.807, 2.05) is 0 Å². The molecule has 0 radical (unpaired) electrons. The van der Waals surface area contributed by atoms with Gasteiger partial charge in [0, 0.05) is 6.20 Å². The quantitative estimate of drug-likeness (QED) is 0.572. The summed E-state index contributed by atoms with van der Waals surface area (Å²) in [6.07, 6.45) is 2.81. The van der Waals surface area contributed by atoms with E-state index >= 15 is 0 Å². The zero-order chi connectivity index (χ0) is 5.98. The van der Waals surface area contributed by atoms with Crippen LogP contribution in [0.4, 0.5) is 0 Å². The van der Waals surface area contributed by atoms with E-state index < -0.39 is 5.24 Å². The topological polar surface area (TPSA) is 45.8 Å². The van der Waals surface area contributed by atoms with Gasteiger partial charge >= 0.3 is 0 Å². The molecule has 1 aromatic rings. The van der Waals surface area contributed by atoms with E-state index in [2.05, 4.69) is 10.2 Å². The van der Waals surface area contributed by atoms with Gasteiger partial charge in [0.15, 0.2) is 0 Å². The summed E-state index contributed by atoms with van der Waals surface area (Å²) in [5.74, 6) is 0. The Morgan fingerprint density at radius 1 is 1.88 bits per heavy atom. The lowest BCUT2D eigenvalue weighted by atomic mass is 10.4. The van der Waals surface area contributed by atoms with Crippen molar-refractivity contribution in [3.05, 3.63) is 18.0 Å². The summed E-state index contributed by atoms with van der Waals surface area (Å²) in [6.45, 7) is 0. The van der Waals surface area contributed by atoms with Gasteiger partial charge in [0.1, 0.15) is 0 Å². The predicted molar refractivity (Wildman–Crippen MR) is 28.8 cm³/mol. The Bertz CT molecular complexity index is 182. The number of hydrogen-bond donors (Lipinski definition) is 1. The van der Waals surface area contributed by atoms with Gasteiger partial charge in [0.2, 0.25) is 0 Å². The largest absolute Gasteiger partial charge is 0.285 e. The molecule has 0 aliphatic heterocycles. The van der Waals surface area contributed by atoms with Crippen molar-refractivity contribution in [1.82, 2.24) is 10.2 Å². The molecule has 1 heterocycles. The third kappa shape index (κ3) is 0.869. The minimum atomic E-state index is -0.487. The molecule has 0 saturated heterocycles. The first-order valence-electron chi connectivity index (χ1n) is 1.99. The Morgan fingerprint density at radius 3 is 2.88 bits per heavy atom. The summed E-state index contributed by atoms with van der Waals surface area (Å²) in [6, 6.07) is 0. The van der Waals surface area contributed by atoms with Crippen LogP contribution in [-0.2, 0) is 0 Å². The fraction of sp³-hybridized carbons (Fsp3) is 0. The standard InChI is InChI=1S/C4H3ClN2O/c5-4(8)3-1-6-7-2-3/h1-2H,(H,6,7). The second-order valence-corrected chi connectivity index (χ2v) is 1.60. The molecule has 0 bridgehead atoms. The molecule has 4 heteroatoms. The normalized spacial score (nSPS) is 9.12. The Balaban J connectivity index is 2.93. The van der Waals surface area contributed by atoms with Crippen molar-refractivity contribution in [2.45, 2.75) is 0 Å². The molecular formula is C4H3ClN2O. The summed E-state index contributed by atoms with van der Waals surface area (Å²) >= 11 is 5.05. The van der Waals surface area contributed by atoms with Crippen LogP contribution in [0.15, 0.2) is 12.4 Å². The molecule has 1 N–H and O–H groups in total. The lowest BCUT2D eigenvalue weighted by Crippen LogP contribution is -1.81. The highest BCUT2D eigenvalue weighted by atomic mass is 35.5. The molecule has 42 valence electrons. The number of aromatic amines is 1. The molecule has 3 nitrogen and oxygen atoms in total. The molecule has 0 aliphatic carbocycles. The Kier molecular flexibility index (Phi) is 1.30. The van der Waals surface area contributed by atoms with Gasteiger partial charge in [-0.1, -0.05) is 0 Å². The average Bonchev–Trinajstić information content (AvgIpc) is 2.12. The van der Waals surface area contributed by atoms with Crippen molar-refractivity contribution in [3.8, 4) is 0 Å². The molecule has 1 aromatic heterocycles. The van der Waals surface area contributed by atoms with Crippen LogP contribution >= 0.6 is 11.6 Å². The van der Waals surface area contributed by atoms with E-state index in [0.717, 1.165) is 0 Å². The van der Waals surface area contributed by atoms with E-state index in [9.17, 15) is 4.79 Å². The highest BCUT2D eigenvalue weighted by Gasteiger charge is 1.98. The van der Waals surface area contributed by atoms with Gasteiger partial charge in [-0.05, 0) is 11.6 Å². The van der Waals surface area contributed by atoms with Gasteiger partial charge in [0.05, 0.1) is 11.8 Å². The van der Waals surface area contributed by atoms with Crippen molar-refractivity contribution in [1.29, 1.82) is 0 Å². The third-order valence-electron chi connectivity index (χ3n) is 0.725. The second-order valence-electron chi connectivity index (χ2n) is 1.26. The molecule has 0 unspecified atom stereocenters. The molecule has 1 rings (SSSR count). The number of hydrogen-bond acceptors (Lipinski definition) is 2. The molecule has 0 spiro atoms. The maximum atomic E-state index is 10.2. The van der Waals surface area contributed by atoms with Gasteiger partial charge in [-0.3, -0.25) is 9.89 Å². The van der Waals surface area contributed by atoms with Crippen LogP contribution in [0.3, 0.4) is 0 Å². The summed E-state index contributed by atoms with van der Waals surface area (Å²) in [4.78, 5) is 10.2. The number of halogens is 1. The third-order valence-corrected chi connectivity index (χ3v) is 0.943. The average molecular weight is 131 g/mol. The maximum Gasteiger partial charge on any atom is 0.255 e. The molecule has 0 amide bonds. The molecule has 0 atom stereocenters. The van der Waals surface area contributed by atoms with Crippen LogP contribution in [-0.4, -0.2) is 15.4 Å². The number of carbonyl (C=O) groups excluding carboxylic acids is 1. The van der Waals surface area contributed by atoms with Crippen LogP contribution in [0.2, 0.25) is 0 Å². The predicted octanol–water partition coefficient (Wildman–Crippen LogP) is 0.789. The highest BCUT2D eigenvalue weighted by molar-refractivity contribution is 6.67. The number of rotatable bonds is 1. The minimum Gasteiger partial charge on any atom is -0.285 e. The van der Waals surface area contributed by atoms with Crippen molar-refractivity contribution >= 4 is 16.8 Å². The fourth-order valence-electron chi connectivity index (χ4n) is 0.358. The zero-order valence-electron chi connectivity index (χ0n) is 3.89. The van der Waals surface area contributed by atoms with Crippen molar-refractivity contribution < 1.29 is 4.79 Å². The molecule has 0 fully saturated rings. The van der Waals surface area contributed by atoms with Crippen LogP contribution in [0.25, 0.3) is 0 Å².